The topological polar surface area (TPSA) is 84.7 Å². The second-order valence-corrected chi connectivity index (χ2v) is 7.86. The van der Waals surface area contributed by atoms with Gasteiger partial charge >= 0.3 is 6.09 Å². The van der Waals surface area contributed by atoms with Crippen LogP contribution in [0.1, 0.15) is 54.1 Å². The molecular formula is C20H25N3O4. The van der Waals surface area contributed by atoms with Crippen LogP contribution in [0, 0.1) is 5.41 Å². The molecule has 2 heterocycles. The van der Waals surface area contributed by atoms with E-state index < -0.39 is 12.1 Å². The number of rotatable bonds is 4. The molecule has 1 N–H and O–H groups in total. The van der Waals surface area contributed by atoms with Gasteiger partial charge in [-0.2, -0.15) is 5.10 Å². The molecule has 0 fully saturated rings. The third kappa shape index (κ3) is 3.54. The molecule has 144 valence electrons. The van der Waals surface area contributed by atoms with Crippen LogP contribution in [-0.4, -0.2) is 45.8 Å². The van der Waals surface area contributed by atoms with Gasteiger partial charge in [-0.05, 0) is 23.1 Å². The molecule has 1 unspecified atom stereocenters. The van der Waals surface area contributed by atoms with Crippen molar-refractivity contribution in [2.45, 2.75) is 39.8 Å². The minimum Gasteiger partial charge on any atom is -0.497 e. The second kappa shape index (κ2) is 7.06. The van der Waals surface area contributed by atoms with Crippen LogP contribution in [0.25, 0.3) is 0 Å². The van der Waals surface area contributed by atoms with Crippen LogP contribution in [-0.2, 0) is 13.0 Å². The molecule has 0 bridgehead atoms. The fourth-order valence-electron chi connectivity index (χ4n) is 3.83. The molecule has 0 aliphatic carbocycles. The summed E-state index contributed by atoms with van der Waals surface area (Å²) in [5, 5.41) is 14.2. The van der Waals surface area contributed by atoms with Gasteiger partial charge in [0.05, 0.1) is 19.7 Å². The molecule has 1 aliphatic rings. The van der Waals surface area contributed by atoms with Crippen molar-refractivity contribution in [3.63, 3.8) is 0 Å². The van der Waals surface area contributed by atoms with Crippen LogP contribution in [0.4, 0.5) is 4.79 Å². The summed E-state index contributed by atoms with van der Waals surface area (Å²) in [4.78, 5) is 24.9. The van der Waals surface area contributed by atoms with E-state index in [1.54, 1.807) is 7.11 Å². The molecule has 0 radical (unpaired) electrons. The highest BCUT2D eigenvalue weighted by molar-refractivity contribution is 5.77. The van der Waals surface area contributed by atoms with Gasteiger partial charge in [-0.25, -0.2) is 4.79 Å². The molecule has 7 heteroatoms. The number of benzene rings is 1. The Hall–Kier alpha value is -2.83. The minimum atomic E-state index is -0.972. The molecule has 2 aromatic rings. The predicted octanol–water partition coefficient (Wildman–Crippen LogP) is 3.38. The van der Waals surface area contributed by atoms with Gasteiger partial charge in [0.2, 0.25) is 0 Å². The molecule has 1 aliphatic heterocycles. The first-order valence-corrected chi connectivity index (χ1v) is 8.93. The van der Waals surface area contributed by atoms with Crippen LogP contribution in [0.15, 0.2) is 24.3 Å². The molecule has 27 heavy (non-hydrogen) atoms. The Labute approximate surface area is 158 Å². The van der Waals surface area contributed by atoms with E-state index in [0.29, 0.717) is 25.2 Å². The number of carbonyl (C=O) groups is 2. The fourth-order valence-corrected chi connectivity index (χ4v) is 3.83. The van der Waals surface area contributed by atoms with Crippen molar-refractivity contribution in [2.75, 3.05) is 13.7 Å². The zero-order valence-electron chi connectivity index (χ0n) is 16.1. The largest absolute Gasteiger partial charge is 0.497 e. The van der Waals surface area contributed by atoms with E-state index >= 15 is 0 Å². The van der Waals surface area contributed by atoms with Crippen molar-refractivity contribution >= 4 is 12.4 Å². The Bertz CT molecular complexity index is 849. The van der Waals surface area contributed by atoms with E-state index in [2.05, 4.69) is 5.10 Å². The molecule has 0 spiro atoms. The average molecular weight is 371 g/mol. The van der Waals surface area contributed by atoms with Crippen molar-refractivity contribution < 1.29 is 19.4 Å². The fraction of sp³-hybridized carbons (Fsp3) is 0.450. The maximum Gasteiger partial charge on any atom is 0.407 e. The molecule has 3 rings (SSSR count). The zero-order chi connectivity index (χ0) is 19.8. The molecule has 1 aromatic carbocycles. The van der Waals surface area contributed by atoms with Crippen LogP contribution >= 0.6 is 0 Å². The quantitative estimate of drug-likeness (QED) is 0.833. The lowest BCUT2D eigenvalue weighted by molar-refractivity contribution is 0.0745. The number of aromatic nitrogens is 2. The van der Waals surface area contributed by atoms with Crippen molar-refractivity contribution in [1.82, 2.24) is 14.7 Å². The van der Waals surface area contributed by atoms with Crippen molar-refractivity contribution in [3.8, 4) is 5.75 Å². The Morgan fingerprint density at radius 2 is 2.00 bits per heavy atom. The molecule has 1 amide bonds. The Balaban J connectivity index is 2.05. The lowest BCUT2D eigenvalue weighted by Crippen LogP contribution is -2.45. The summed E-state index contributed by atoms with van der Waals surface area (Å²) in [7, 11) is 1.62. The number of amides is 1. The Morgan fingerprint density at radius 1 is 1.33 bits per heavy atom. The van der Waals surface area contributed by atoms with Gasteiger partial charge in [0.25, 0.3) is 0 Å². The van der Waals surface area contributed by atoms with Gasteiger partial charge in [0, 0.05) is 24.2 Å². The average Bonchev–Trinajstić information content (AvgIpc) is 2.98. The number of hydrogen-bond acceptors (Lipinski definition) is 4. The monoisotopic (exact) mass is 371 g/mol. The molecular weight excluding hydrogens is 346 g/mol. The Morgan fingerprint density at radius 3 is 2.52 bits per heavy atom. The summed E-state index contributed by atoms with van der Waals surface area (Å²) < 4.78 is 7.02. The number of carbonyl (C=O) groups excluding carboxylic acids is 1. The highest BCUT2D eigenvalue weighted by Gasteiger charge is 2.42. The van der Waals surface area contributed by atoms with Crippen molar-refractivity contribution in [3.05, 3.63) is 46.8 Å². The highest BCUT2D eigenvalue weighted by atomic mass is 16.5. The van der Waals surface area contributed by atoms with Crippen LogP contribution in [0.3, 0.4) is 0 Å². The summed E-state index contributed by atoms with van der Waals surface area (Å²) in [5.41, 5.74) is 2.67. The van der Waals surface area contributed by atoms with E-state index in [0.717, 1.165) is 28.9 Å². The first-order chi connectivity index (χ1) is 12.8. The second-order valence-electron chi connectivity index (χ2n) is 7.86. The van der Waals surface area contributed by atoms with Crippen LogP contribution in [0.2, 0.25) is 0 Å². The van der Waals surface area contributed by atoms with Gasteiger partial charge in [-0.3, -0.25) is 9.48 Å². The minimum absolute atomic E-state index is 0.324. The lowest BCUT2D eigenvalue weighted by Gasteiger charge is -2.42. The number of carboxylic acid groups (broad SMARTS) is 1. The number of methoxy groups -OCH3 is 1. The van der Waals surface area contributed by atoms with E-state index in [1.807, 2.05) is 49.7 Å². The smallest absolute Gasteiger partial charge is 0.407 e. The first kappa shape index (κ1) is 18.9. The van der Waals surface area contributed by atoms with Crippen LogP contribution < -0.4 is 4.74 Å². The number of nitrogens with zero attached hydrogens (tertiary/aromatic N) is 3. The van der Waals surface area contributed by atoms with E-state index in [1.165, 1.54) is 4.90 Å². The third-order valence-corrected chi connectivity index (χ3v) is 4.97. The molecule has 1 aromatic heterocycles. The summed E-state index contributed by atoms with van der Waals surface area (Å²) in [6, 6.07) is 7.28. The summed E-state index contributed by atoms with van der Waals surface area (Å²) in [6.07, 6.45) is 0.291. The van der Waals surface area contributed by atoms with Gasteiger partial charge < -0.3 is 14.7 Å². The Kier molecular flexibility index (Phi) is 4.95. The predicted molar refractivity (Wildman–Crippen MR) is 100 cm³/mol. The zero-order valence-corrected chi connectivity index (χ0v) is 16.1. The van der Waals surface area contributed by atoms with E-state index in [9.17, 15) is 14.7 Å². The number of ether oxygens (including phenoxy) is 1. The maximum absolute atomic E-state index is 11.8. The number of fused-ring (bicyclic) bond motifs is 1. The molecule has 7 nitrogen and oxygen atoms in total. The first-order valence-electron chi connectivity index (χ1n) is 8.93. The summed E-state index contributed by atoms with van der Waals surface area (Å²) >= 11 is 0. The third-order valence-electron chi connectivity index (χ3n) is 4.97. The van der Waals surface area contributed by atoms with Crippen molar-refractivity contribution in [1.29, 1.82) is 0 Å². The van der Waals surface area contributed by atoms with Crippen molar-refractivity contribution in [2.24, 2.45) is 5.41 Å². The summed E-state index contributed by atoms with van der Waals surface area (Å²) in [5.74, 6) is 0.778. The van der Waals surface area contributed by atoms with E-state index in [-0.39, 0.29) is 5.41 Å². The summed E-state index contributed by atoms with van der Waals surface area (Å²) in [6.45, 7) is 6.86. The molecule has 1 atom stereocenters. The van der Waals surface area contributed by atoms with Gasteiger partial charge in [0.1, 0.15) is 11.4 Å². The number of aldehydes is 1. The lowest BCUT2D eigenvalue weighted by atomic mass is 9.78. The van der Waals surface area contributed by atoms with Gasteiger partial charge in [-0.15, -0.1) is 0 Å². The van der Waals surface area contributed by atoms with Crippen LogP contribution in [0.5, 0.6) is 5.75 Å². The molecule has 0 saturated heterocycles. The SMILES string of the molecule is COc1ccc(Cn2nc(C=O)c3c2CCN(C(=O)O)C3C(C)(C)C)cc1. The number of hydrogen-bond donors (Lipinski definition) is 1. The standard InChI is InChI=1S/C20H25N3O4/c1-20(2,3)18-17-15(12-24)21-23(16(17)9-10-22(18)19(25)26)11-13-5-7-14(27-4)8-6-13/h5-8,12,18H,9-11H2,1-4H3,(H,25,26). The van der Waals surface area contributed by atoms with Gasteiger partial charge in [-0.1, -0.05) is 32.9 Å². The molecule has 0 saturated carbocycles. The maximum atomic E-state index is 11.8. The normalized spacial score (nSPS) is 16.7. The van der Waals surface area contributed by atoms with Gasteiger partial charge in [0.15, 0.2) is 6.29 Å². The highest BCUT2D eigenvalue weighted by Crippen LogP contribution is 2.43. The van der Waals surface area contributed by atoms with E-state index in [4.69, 9.17) is 4.74 Å².